The highest BCUT2D eigenvalue weighted by molar-refractivity contribution is 6.03. The van der Waals surface area contributed by atoms with Gasteiger partial charge in [0.05, 0.1) is 25.0 Å². The fourth-order valence-corrected chi connectivity index (χ4v) is 10.3. The zero-order chi connectivity index (χ0) is 19.3. The summed E-state index contributed by atoms with van der Waals surface area (Å²) in [5, 5.41) is 0. The Morgan fingerprint density at radius 2 is 1.14 bits per heavy atom. The molecular weight excluding hydrogens is 360 g/mol. The molecular formula is C22H20O6. The first-order valence-corrected chi connectivity index (χ1v) is 10.1. The topological polar surface area (TPSA) is 86.7 Å². The lowest BCUT2D eigenvalue weighted by Gasteiger charge is -2.56. The molecule has 12 atom stereocenters. The van der Waals surface area contributed by atoms with Gasteiger partial charge in [0.1, 0.15) is 0 Å². The Morgan fingerprint density at radius 1 is 0.750 bits per heavy atom. The Balaban J connectivity index is 1.56. The Labute approximate surface area is 161 Å². The highest BCUT2D eigenvalue weighted by atomic mass is 16.5. The molecule has 0 heterocycles. The van der Waals surface area contributed by atoms with Gasteiger partial charge in [-0.3, -0.25) is 19.2 Å². The second kappa shape index (κ2) is 4.19. The minimum Gasteiger partial charge on any atom is -0.469 e. The molecule has 0 saturated heterocycles. The molecule has 0 aromatic rings. The standard InChI is InChI=1S/C22H20O6/c1-27-19(25)21-15-7-3-5-10(24)12(7)18-13(15)14-16(22(18,21)20(26)28-2)8-4-6-9(23)11(8)17(14)21/h3-8,11-18H,1-2H3/t7-,8-,11-,12+,13+,14+,15-,16+,17+,18-,21-,22-/m1/s1. The summed E-state index contributed by atoms with van der Waals surface area (Å²) in [5.74, 6) is -1.53. The normalized spacial score (nSPS) is 59.5. The number of ketones is 2. The number of ether oxygens (including phenoxy) is 2. The molecule has 8 aliphatic carbocycles. The summed E-state index contributed by atoms with van der Waals surface area (Å²) in [6.07, 6.45) is 7.13. The quantitative estimate of drug-likeness (QED) is 0.659. The van der Waals surface area contributed by atoms with Crippen LogP contribution >= 0.6 is 0 Å². The zero-order valence-corrected chi connectivity index (χ0v) is 15.5. The number of hydrogen-bond donors (Lipinski definition) is 0. The SMILES string of the molecule is COC(=O)[C@]12[C@@H]3[C@@H]4C(=O)C=C[C@H]4[C@@H]4[C@@H]3[C@H]3[C@@H]1[C@@H]1C=CC(=O)[C@@H]1[C@@H]3[C@@]42C(=O)OC. The Hall–Kier alpha value is -2.24. The number of hydrogen-bond acceptors (Lipinski definition) is 6. The molecule has 0 spiro atoms. The van der Waals surface area contributed by atoms with Crippen molar-refractivity contribution in [3.63, 3.8) is 0 Å². The van der Waals surface area contributed by atoms with Crippen molar-refractivity contribution in [3.8, 4) is 0 Å². The van der Waals surface area contributed by atoms with Gasteiger partial charge in [-0.25, -0.2) is 0 Å². The van der Waals surface area contributed by atoms with Gasteiger partial charge in [0, 0.05) is 11.8 Å². The number of fused-ring (bicyclic) bond motifs is 2. The van der Waals surface area contributed by atoms with Crippen LogP contribution in [0.25, 0.3) is 0 Å². The number of carbonyl (C=O) groups is 4. The van der Waals surface area contributed by atoms with Crippen LogP contribution in [0, 0.1) is 70.0 Å². The molecule has 0 aromatic heterocycles. The van der Waals surface area contributed by atoms with Gasteiger partial charge in [-0.05, 0) is 59.5 Å². The van der Waals surface area contributed by atoms with Crippen molar-refractivity contribution in [2.45, 2.75) is 0 Å². The predicted molar refractivity (Wildman–Crippen MR) is 92.1 cm³/mol. The first kappa shape index (κ1) is 15.7. The minimum atomic E-state index is -1.04. The molecule has 0 aliphatic heterocycles. The largest absolute Gasteiger partial charge is 0.469 e. The van der Waals surface area contributed by atoms with Crippen molar-refractivity contribution in [1.82, 2.24) is 0 Å². The van der Waals surface area contributed by atoms with E-state index >= 15 is 0 Å². The van der Waals surface area contributed by atoms with Gasteiger partial charge in [-0.2, -0.15) is 0 Å². The summed E-state index contributed by atoms with van der Waals surface area (Å²) < 4.78 is 10.7. The first-order chi connectivity index (χ1) is 13.5. The van der Waals surface area contributed by atoms with Crippen LogP contribution in [0.4, 0.5) is 0 Å². The molecule has 6 saturated carbocycles. The summed E-state index contributed by atoms with van der Waals surface area (Å²) in [6.45, 7) is 0. The van der Waals surface area contributed by atoms with E-state index in [4.69, 9.17) is 9.47 Å². The number of allylic oxidation sites excluding steroid dienone is 4. The van der Waals surface area contributed by atoms with E-state index in [-0.39, 0.29) is 82.7 Å². The van der Waals surface area contributed by atoms with Gasteiger partial charge < -0.3 is 9.47 Å². The molecule has 0 radical (unpaired) electrons. The maximum Gasteiger partial charge on any atom is 0.313 e. The fourth-order valence-electron chi connectivity index (χ4n) is 10.3. The Kier molecular flexibility index (Phi) is 2.34. The van der Waals surface area contributed by atoms with Gasteiger partial charge >= 0.3 is 11.9 Å². The van der Waals surface area contributed by atoms with Crippen LogP contribution in [-0.4, -0.2) is 37.7 Å². The second-order valence-corrected chi connectivity index (χ2v) is 9.71. The third-order valence-corrected chi connectivity index (χ3v) is 9.99. The van der Waals surface area contributed by atoms with Crippen molar-refractivity contribution in [1.29, 1.82) is 0 Å². The van der Waals surface area contributed by atoms with E-state index in [9.17, 15) is 19.2 Å². The van der Waals surface area contributed by atoms with Crippen molar-refractivity contribution in [3.05, 3.63) is 24.3 Å². The third kappa shape index (κ3) is 1.04. The number of methoxy groups -OCH3 is 2. The summed E-state index contributed by atoms with van der Waals surface area (Å²) in [6, 6.07) is 0. The lowest BCUT2D eigenvalue weighted by Crippen LogP contribution is -2.66. The Bertz CT molecular complexity index is 900. The molecule has 0 unspecified atom stereocenters. The average molecular weight is 380 g/mol. The monoisotopic (exact) mass is 380 g/mol. The zero-order valence-electron chi connectivity index (χ0n) is 15.5. The molecule has 0 N–H and O–H groups in total. The number of esters is 2. The van der Waals surface area contributed by atoms with Crippen molar-refractivity contribution >= 4 is 23.5 Å². The van der Waals surface area contributed by atoms with Crippen molar-refractivity contribution < 1.29 is 28.7 Å². The van der Waals surface area contributed by atoms with Gasteiger partial charge in [0.2, 0.25) is 0 Å². The minimum absolute atomic E-state index is 0.0335. The molecule has 6 fully saturated rings. The van der Waals surface area contributed by atoms with E-state index < -0.39 is 10.8 Å². The molecule has 0 aromatic carbocycles. The highest BCUT2D eigenvalue weighted by Crippen LogP contribution is 2.96. The number of carbonyl (C=O) groups excluding carboxylic acids is 4. The van der Waals surface area contributed by atoms with E-state index in [1.165, 1.54) is 14.2 Å². The number of rotatable bonds is 2. The van der Waals surface area contributed by atoms with Gasteiger partial charge in [0.15, 0.2) is 11.6 Å². The van der Waals surface area contributed by atoms with Crippen LogP contribution in [0.2, 0.25) is 0 Å². The summed E-state index contributed by atoms with van der Waals surface area (Å²) in [7, 11) is 2.73. The van der Waals surface area contributed by atoms with E-state index in [2.05, 4.69) is 0 Å². The van der Waals surface area contributed by atoms with Crippen LogP contribution in [0.15, 0.2) is 24.3 Å². The van der Waals surface area contributed by atoms with Crippen LogP contribution < -0.4 is 0 Å². The third-order valence-electron chi connectivity index (χ3n) is 9.99. The summed E-state index contributed by atoms with van der Waals surface area (Å²) in [4.78, 5) is 52.6. The molecule has 8 aliphatic rings. The highest BCUT2D eigenvalue weighted by Gasteiger charge is 3.01. The average Bonchev–Trinajstić information content (AvgIpc) is 3.49. The van der Waals surface area contributed by atoms with E-state index in [1.54, 1.807) is 12.2 Å². The molecule has 8 rings (SSSR count). The molecule has 144 valence electrons. The maximum atomic E-state index is 13.5. The molecule has 28 heavy (non-hydrogen) atoms. The molecule has 6 heteroatoms. The second-order valence-electron chi connectivity index (χ2n) is 9.71. The lowest BCUT2D eigenvalue weighted by molar-refractivity contribution is -0.206. The lowest BCUT2D eigenvalue weighted by atomic mass is 9.43. The molecule has 0 amide bonds. The first-order valence-electron chi connectivity index (χ1n) is 10.1. The van der Waals surface area contributed by atoms with Gasteiger partial charge in [0.25, 0.3) is 0 Å². The fraction of sp³-hybridized carbons (Fsp3) is 0.636. The maximum absolute atomic E-state index is 13.5. The van der Waals surface area contributed by atoms with Crippen molar-refractivity contribution in [2.75, 3.05) is 14.2 Å². The molecule has 8 bridgehead atoms. The van der Waals surface area contributed by atoms with Gasteiger partial charge in [-0.1, -0.05) is 12.2 Å². The Morgan fingerprint density at radius 3 is 1.50 bits per heavy atom. The van der Waals surface area contributed by atoms with E-state index in [1.807, 2.05) is 12.2 Å². The van der Waals surface area contributed by atoms with Crippen LogP contribution in [0.5, 0.6) is 0 Å². The predicted octanol–water partition coefficient (Wildman–Crippen LogP) is 0.813. The smallest absolute Gasteiger partial charge is 0.313 e. The van der Waals surface area contributed by atoms with Gasteiger partial charge in [-0.15, -0.1) is 0 Å². The van der Waals surface area contributed by atoms with E-state index in [0.717, 1.165) is 0 Å². The van der Waals surface area contributed by atoms with Crippen molar-refractivity contribution in [2.24, 2.45) is 70.0 Å². The van der Waals surface area contributed by atoms with Crippen LogP contribution in [0.1, 0.15) is 0 Å². The van der Waals surface area contributed by atoms with E-state index in [0.29, 0.717) is 0 Å². The van der Waals surface area contributed by atoms with Crippen LogP contribution in [0.3, 0.4) is 0 Å². The molecule has 6 nitrogen and oxygen atoms in total. The summed E-state index contributed by atoms with van der Waals surface area (Å²) in [5.41, 5.74) is -2.09. The summed E-state index contributed by atoms with van der Waals surface area (Å²) >= 11 is 0. The van der Waals surface area contributed by atoms with Crippen LogP contribution in [-0.2, 0) is 28.7 Å².